The molecule has 0 N–H and O–H groups in total. The molecule has 0 saturated carbocycles. The van der Waals surface area contributed by atoms with Crippen LogP contribution in [-0.4, -0.2) is 72.3 Å². The van der Waals surface area contributed by atoms with Crippen molar-refractivity contribution in [1.29, 1.82) is 0 Å². The number of hydrogen-bond donors (Lipinski definition) is 0. The van der Waals surface area contributed by atoms with E-state index in [9.17, 15) is 0 Å². The van der Waals surface area contributed by atoms with Crippen LogP contribution in [-0.2, 0) is 11.3 Å². The van der Waals surface area contributed by atoms with Gasteiger partial charge in [-0.25, -0.2) is 4.98 Å². The summed E-state index contributed by atoms with van der Waals surface area (Å²) in [5.41, 5.74) is 2.51. The van der Waals surface area contributed by atoms with Crippen LogP contribution in [0.3, 0.4) is 0 Å². The lowest BCUT2D eigenvalue weighted by atomic mass is 10.0. The Hall–Kier alpha value is -2.25. The molecule has 7 nitrogen and oxygen atoms in total. The predicted molar refractivity (Wildman–Crippen MR) is 111 cm³/mol. The maximum Gasteiger partial charge on any atom is 0.227 e. The summed E-state index contributed by atoms with van der Waals surface area (Å²) in [6.07, 6.45) is 8.17. The fourth-order valence-electron chi connectivity index (χ4n) is 4.09. The molecule has 0 spiro atoms. The largest absolute Gasteiger partial charge is 0.378 e. The van der Waals surface area contributed by atoms with Crippen molar-refractivity contribution >= 4 is 11.8 Å². The van der Waals surface area contributed by atoms with Gasteiger partial charge in [-0.1, -0.05) is 6.07 Å². The van der Waals surface area contributed by atoms with Crippen LogP contribution in [0.2, 0.25) is 0 Å². The average molecular weight is 383 g/mol. The standard InChI is InChI=1S/C21H30N6O/c1-17-12-18(14-22-13-17)15-26-7-3-4-19(16-26)25(2)20-5-6-23-21(24-20)27-8-10-28-11-9-27/h5-6,12-14,19H,3-4,7-11,15-16H2,1-2H3. The van der Waals surface area contributed by atoms with Gasteiger partial charge in [-0.2, -0.15) is 4.98 Å². The van der Waals surface area contributed by atoms with Crippen molar-refractivity contribution < 1.29 is 4.74 Å². The Kier molecular flexibility index (Phi) is 6.02. The van der Waals surface area contributed by atoms with E-state index in [1.165, 1.54) is 24.0 Å². The first-order chi connectivity index (χ1) is 13.7. The van der Waals surface area contributed by atoms with E-state index in [0.717, 1.165) is 57.7 Å². The molecule has 1 unspecified atom stereocenters. The molecule has 2 fully saturated rings. The Morgan fingerprint density at radius 1 is 1.21 bits per heavy atom. The zero-order valence-corrected chi connectivity index (χ0v) is 16.9. The van der Waals surface area contributed by atoms with Crippen LogP contribution < -0.4 is 9.80 Å². The molecule has 4 rings (SSSR count). The van der Waals surface area contributed by atoms with Crippen molar-refractivity contribution in [2.45, 2.75) is 32.4 Å². The first-order valence-electron chi connectivity index (χ1n) is 10.2. The van der Waals surface area contributed by atoms with E-state index in [2.05, 4.69) is 44.7 Å². The Morgan fingerprint density at radius 3 is 2.89 bits per heavy atom. The fraction of sp³-hybridized carbons (Fsp3) is 0.571. The predicted octanol–water partition coefficient (Wildman–Crippen LogP) is 2.12. The lowest BCUT2D eigenvalue weighted by Gasteiger charge is -2.38. The van der Waals surface area contributed by atoms with Crippen LogP contribution in [0.15, 0.2) is 30.7 Å². The third-order valence-electron chi connectivity index (χ3n) is 5.65. The number of aryl methyl sites for hydroxylation is 1. The Labute approximate surface area is 167 Å². The third kappa shape index (κ3) is 4.59. The molecule has 2 saturated heterocycles. The van der Waals surface area contributed by atoms with Crippen molar-refractivity contribution in [3.8, 4) is 0 Å². The first-order valence-corrected chi connectivity index (χ1v) is 10.2. The van der Waals surface area contributed by atoms with Crippen molar-refractivity contribution in [3.63, 3.8) is 0 Å². The van der Waals surface area contributed by atoms with Gasteiger partial charge in [-0.15, -0.1) is 0 Å². The van der Waals surface area contributed by atoms with Gasteiger partial charge in [0.15, 0.2) is 0 Å². The van der Waals surface area contributed by atoms with Gasteiger partial charge in [-0.3, -0.25) is 9.88 Å². The lowest BCUT2D eigenvalue weighted by Crippen LogP contribution is -2.46. The van der Waals surface area contributed by atoms with Crippen LogP contribution in [0.5, 0.6) is 0 Å². The topological polar surface area (TPSA) is 57.6 Å². The van der Waals surface area contributed by atoms with Crippen LogP contribution in [0.25, 0.3) is 0 Å². The molecule has 7 heteroatoms. The highest BCUT2D eigenvalue weighted by Crippen LogP contribution is 2.22. The normalized spacial score (nSPS) is 20.9. The van der Waals surface area contributed by atoms with Gasteiger partial charge in [-0.05, 0) is 43.5 Å². The molecular weight excluding hydrogens is 352 g/mol. The summed E-state index contributed by atoms with van der Waals surface area (Å²) in [4.78, 5) is 20.7. The molecule has 1 atom stereocenters. The Balaban J connectivity index is 1.41. The van der Waals surface area contributed by atoms with Gasteiger partial charge in [0, 0.05) is 57.9 Å². The molecule has 0 bridgehead atoms. The number of piperidine rings is 1. The summed E-state index contributed by atoms with van der Waals surface area (Å²) < 4.78 is 5.44. The summed E-state index contributed by atoms with van der Waals surface area (Å²) in [5.74, 6) is 1.81. The second kappa shape index (κ2) is 8.84. The zero-order chi connectivity index (χ0) is 19.3. The molecule has 0 aromatic carbocycles. The first kappa shape index (κ1) is 19.1. The highest BCUT2D eigenvalue weighted by Gasteiger charge is 2.25. The number of ether oxygens (including phenoxy) is 1. The van der Waals surface area contributed by atoms with Crippen molar-refractivity contribution in [1.82, 2.24) is 19.9 Å². The van der Waals surface area contributed by atoms with Gasteiger partial charge in [0.05, 0.1) is 13.2 Å². The molecule has 0 aliphatic carbocycles. The SMILES string of the molecule is Cc1cncc(CN2CCCC(N(C)c3ccnc(N4CCOCC4)n3)C2)c1. The highest BCUT2D eigenvalue weighted by molar-refractivity contribution is 5.44. The average Bonchev–Trinajstić information content (AvgIpc) is 2.74. The fourth-order valence-corrected chi connectivity index (χ4v) is 4.09. The van der Waals surface area contributed by atoms with Crippen molar-refractivity contribution in [3.05, 3.63) is 41.9 Å². The van der Waals surface area contributed by atoms with Gasteiger partial charge in [0.2, 0.25) is 5.95 Å². The number of aromatic nitrogens is 3. The van der Waals surface area contributed by atoms with E-state index in [0.29, 0.717) is 6.04 Å². The van der Waals surface area contributed by atoms with E-state index >= 15 is 0 Å². The molecule has 2 aliphatic heterocycles. The quantitative estimate of drug-likeness (QED) is 0.785. The number of rotatable bonds is 5. The number of likely N-dealkylation sites (N-methyl/N-ethyl adjacent to an activating group) is 1. The minimum atomic E-state index is 0.457. The third-order valence-corrected chi connectivity index (χ3v) is 5.65. The molecule has 2 aromatic heterocycles. The summed E-state index contributed by atoms with van der Waals surface area (Å²) in [6.45, 7) is 8.45. The molecule has 0 amide bonds. The maximum absolute atomic E-state index is 5.44. The van der Waals surface area contributed by atoms with E-state index in [1.807, 2.05) is 24.7 Å². The van der Waals surface area contributed by atoms with Crippen molar-refractivity contribution in [2.24, 2.45) is 0 Å². The zero-order valence-electron chi connectivity index (χ0n) is 16.9. The molecular formula is C21H30N6O. The number of nitrogens with zero attached hydrogens (tertiary/aromatic N) is 6. The molecule has 150 valence electrons. The van der Waals surface area contributed by atoms with Gasteiger partial charge in [0.25, 0.3) is 0 Å². The van der Waals surface area contributed by atoms with Crippen LogP contribution >= 0.6 is 0 Å². The molecule has 2 aromatic rings. The highest BCUT2D eigenvalue weighted by atomic mass is 16.5. The molecule has 28 heavy (non-hydrogen) atoms. The molecule has 0 radical (unpaired) electrons. The van der Waals surface area contributed by atoms with E-state index < -0.39 is 0 Å². The minimum Gasteiger partial charge on any atom is -0.378 e. The van der Waals surface area contributed by atoms with Crippen LogP contribution in [0, 0.1) is 6.92 Å². The Morgan fingerprint density at radius 2 is 2.07 bits per heavy atom. The molecule has 2 aliphatic rings. The van der Waals surface area contributed by atoms with Crippen molar-refractivity contribution in [2.75, 3.05) is 56.2 Å². The van der Waals surface area contributed by atoms with Crippen LogP contribution in [0.1, 0.15) is 24.0 Å². The number of anilines is 2. The van der Waals surface area contributed by atoms with Gasteiger partial charge >= 0.3 is 0 Å². The number of hydrogen-bond acceptors (Lipinski definition) is 7. The second-order valence-corrected chi connectivity index (χ2v) is 7.83. The number of pyridine rings is 1. The van der Waals surface area contributed by atoms with E-state index in [-0.39, 0.29) is 0 Å². The van der Waals surface area contributed by atoms with Crippen LogP contribution in [0.4, 0.5) is 11.8 Å². The van der Waals surface area contributed by atoms with E-state index in [4.69, 9.17) is 9.72 Å². The van der Waals surface area contributed by atoms with E-state index in [1.54, 1.807) is 0 Å². The second-order valence-electron chi connectivity index (χ2n) is 7.83. The number of likely N-dealkylation sites (tertiary alicyclic amines) is 1. The number of morpholine rings is 1. The monoisotopic (exact) mass is 382 g/mol. The summed E-state index contributed by atoms with van der Waals surface area (Å²) in [6, 6.07) is 4.71. The van der Waals surface area contributed by atoms with Gasteiger partial charge in [0.1, 0.15) is 5.82 Å². The minimum absolute atomic E-state index is 0.457. The molecule has 4 heterocycles. The lowest BCUT2D eigenvalue weighted by molar-refractivity contribution is 0.122. The summed E-state index contributed by atoms with van der Waals surface area (Å²) in [7, 11) is 2.16. The summed E-state index contributed by atoms with van der Waals surface area (Å²) in [5, 5.41) is 0. The maximum atomic E-state index is 5.44. The summed E-state index contributed by atoms with van der Waals surface area (Å²) >= 11 is 0. The van der Waals surface area contributed by atoms with Gasteiger partial charge < -0.3 is 14.5 Å². The Bertz CT molecular complexity index is 779. The smallest absolute Gasteiger partial charge is 0.227 e.